The Morgan fingerprint density at radius 1 is 1.38 bits per heavy atom. The van der Waals surface area contributed by atoms with Gasteiger partial charge < -0.3 is 4.74 Å². The van der Waals surface area contributed by atoms with Crippen molar-refractivity contribution in [2.75, 3.05) is 5.33 Å². The molecule has 0 unspecified atom stereocenters. The normalized spacial score (nSPS) is 10.6. The number of ketones is 1. The van der Waals surface area contributed by atoms with Crippen LogP contribution in [0.2, 0.25) is 10.0 Å². The first kappa shape index (κ1) is 13.7. The Hall–Kier alpha value is -0.390. The maximum atomic E-state index is 12.0. The number of hydrogen-bond acceptors (Lipinski definition) is 2. The summed E-state index contributed by atoms with van der Waals surface area (Å²) in [5.74, 6) is -0.586. The van der Waals surface area contributed by atoms with E-state index in [-0.39, 0.29) is 32.5 Å². The molecule has 0 spiro atoms. The number of ether oxygens (including phenoxy) is 1. The maximum absolute atomic E-state index is 12.0. The summed E-state index contributed by atoms with van der Waals surface area (Å²) in [5.41, 5.74) is 0.230. The highest BCUT2D eigenvalue weighted by Gasteiger charge is 2.16. The first-order valence-corrected chi connectivity index (χ1v) is 5.86. The van der Waals surface area contributed by atoms with E-state index in [1.54, 1.807) is 0 Å². The zero-order chi connectivity index (χ0) is 12.3. The van der Waals surface area contributed by atoms with Gasteiger partial charge in [-0.05, 0) is 12.1 Å². The van der Waals surface area contributed by atoms with E-state index in [4.69, 9.17) is 23.2 Å². The average Bonchev–Trinajstić information content (AvgIpc) is 2.21. The van der Waals surface area contributed by atoms with Crippen molar-refractivity contribution in [3.8, 4) is 5.75 Å². The van der Waals surface area contributed by atoms with Crippen molar-refractivity contribution >= 4 is 44.9 Å². The standard InChI is InChI=1S/C9H5BrCl2F2O2/c10-3-7(15)4-1-5(11)8(6(12)2-4)16-9(13)14/h1-2,9H,3H2. The van der Waals surface area contributed by atoms with E-state index >= 15 is 0 Å². The van der Waals surface area contributed by atoms with Gasteiger partial charge in [0.1, 0.15) is 0 Å². The third kappa shape index (κ3) is 3.30. The minimum atomic E-state index is -3.02. The fraction of sp³-hybridized carbons (Fsp3) is 0.222. The summed E-state index contributed by atoms with van der Waals surface area (Å²) in [4.78, 5) is 11.3. The fourth-order valence-corrected chi connectivity index (χ4v) is 1.90. The van der Waals surface area contributed by atoms with Gasteiger partial charge in [-0.25, -0.2) is 0 Å². The summed E-state index contributed by atoms with van der Waals surface area (Å²) in [6.07, 6.45) is 0. The second-order valence-electron chi connectivity index (χ2n) is 2.70. The Kier molecular flexibility index (Phi) is 4.95. The van der Waals surface area contributed by atoms with Crippen LogP contribution in [0.1, 0.15) is 10.4 Å². The van der Waals surface area contributed by atoms with E-state index in [0.717, 1.165) is 0 Å². The third-order valence-corrected chi connectivity index (χ3v) is 2.72. The molecule has 0 atom stereocenters. The van der Waals surface area contributed by atoms with Gasteiger partial charge >= 0.3 is 6.61 Å². The van der Waals surface area contributed by atoms with Crippen LogP contribution < -0.4 is 4.74 Å². The number of benzene rings is 1. The lowest BCUT2D eigenvalue weighted by Crippen LogP contribution is -2.05. The molecule has 0 bridgehead atoms. The summed E-state index contributed by atoms with van der Waals surface area (Å²) in [7, 11) is 0. The van der Waals surface area contributed by atoms with Crippen LogP contribution >= 0.6 is 39.1 Å². The van der Waals surface area contributed by atoms with Crippen molar-refractivity contribution in [3.63, 3.8) is 0 Å². The Labute approximate surface area is 109 Å². The van der Waals surface area contributed by atoms with E-state index in [0.29, 0.717) is 0 Å². The summed E-state index contributed by atoms with van der Waals surface area (Å²) in [5, 5.41) is -0.163. The first-order valence-electron chi connectivity index (χ1n) is 3.98. The van der Waals surface area contributed by atoms with Crippen molar-refractivity contribution in [1.29, 1.82) is 0 Å². The zero-order valence-electron chi connectivity index (χ0n) is 7.65. The van der Waals surface area contributed by atoms with Crippen LogP contribution in [0.3, 0.4) is 0 Å². The van der Waals surface area contributed by atoms with Crippen molar-refractivity contribution in [1.82, 2.24) is 0 Å². The maximum Gasteiger partial charge on any atom is 0.387 e. The van der Waals surface area contributed by atoms with Crippen LogP contribution in [0.5, 0.6) is 5.75 Å². The molecule has 0 aromatic heterocycles. The van der Waals surface area contributed by atoms with E-state index in [1.807, 2.05) is 0 Å². The van der Waals surface area contributed by atoms with Crippen molar-refractivity contribution in [2.45, 2.75) is 6.61 Å². The largest absolute Gasteiger partial charge is 0.432 e. The van der Waals surface area contributed by atoms with Gasteiger partial charge in [0.05, 0.1) is 15.4 Å². The van der Waals surface area contributed by atoms with Crippen LogP contribution in [0.25, 0.3) is 0 Å². The Morgan fingerprint density at radius 3 is 2.25 bits per heavy atom. The lowest BCUT2D eigenvalue weighted by atomic mass is 10.1. The highest BCUT2D eigenvalue weighted by Crippen LogP contribution is 2.35. The molecule has 0 aliphatic heterocycles. The smallest absolute Gasteiger partial charge is 0.387 e. The molecule has 16 heavy (non-hydrogen) atoms. The summed E-state index contributed by atoms with van der Waals surface area (Å²) in [6.45, 7) is -3.02. The molecule has 0 amide bonds. The number of Topliss-reactive ketones (excluding diaryl/α,β-unsaturated/α-hetero) is 1. The average molecular weight is 334 g/mol. The fourth-order valence-electron chi connectivity index (χ4n) is 1.000. The van der Waals surface area contributed by atoms with Gasteiger partial charge in [0.15, 0.2) is 11.5 Å². The molecule has 0 heterocycles. The van der Waals surface area contributed by atoms with Crippen molar-refractivity contribution < 1.29 is 18.3 Å². The van der Waals surface area contributed by atoms with Crippen molar-refractivity contribution in [3.05, 3.63) is 27.7 Å². The third-order valence-electron chi connectivity index (χ3n) is 1.65. The number of rotatable bonds is 4. The van der Waals surface area contributed by atoms with Gasteiger partial charge in [0.25, 0.3) is 0 Å². The number of alkyl halides is 3. The first-order chi connectivity index (χ1) is 7.45. The topological polar surface area (TPSA) is 26.3 Å². The summed E-state index contributed by atoms with van der Waals surface area (Å²) in [6, 6.07) is 2.46. The molecule has 0 saturated heterocycles. The molecular weight excluding hydrogens is 329 g/mol. The molecule has 2 nitrogen and oxygen atoms in total. The van der Waals surface area contributed by atoms with Crippen LogP contribution in [0.4, 0.5) is 8.78 Å². The molecule has 0 fully saturated rings. The molecule has 1 aromatic rings. The summed E-state index contributed by atoms with van der Waals surface area (Å²) < 4.78 is 28.1. The van der Waals surface area contributed by atoms with E-state index in [1.165, 1.54) is 12.1 Å². The minimum absolute atomic E-state index is 0.0920. The lowest BCUT2D eigenvalue weighted by Gasteiger charge is -2.09. The Balaban J connectivity index is 3.12. The second-order valence-corrected chi connectivity index (χ2v) is 4.08. The molecule has 0 aliphatic rings. The van der Waals surface area contributed by atoms with Gasteiger partial charge in [-0.1, -0.05) is 39.1 Å². The Morgan fingerprint density at radius 2 is 1.88 bits per heavy atom. The van der Waals surface area contributed by atoms with Gasteiger partial charge in [-0.3, -0.25) is 4.79 Å². The second kappa shape index (κ2) is 5.80. The van der Waals surface area contributed by atoms with Gasteiger partial charge in [-0.2, -0.15) is 8.78 Å². The number of hydrogen-bond donors (Lipinski definition) is 0. The molecule has 0 N–H and O–H groups in total. The van der Waals surface area contributed by atoms with Gasteiger partial charge in [0.2, 0.25) is 0 Å². The van der Waals surface area contributed by atoms with Crippen LogP contribution in [-0.4, -0.2) is 17.7 Å². The van der Waals surface area contributed by atoms with Gasteiger partial charge in [-0.15, -0.1) is 0 Å². The lowest BCUT2D eigenvalue weighted by molar-refractivity contribution is -0.0497. The molecule has 0 saturated carbocycles. The van der Waals surface area contributed by atoms with Crippen LogP contribution in [-0.2, 0) is 0 Å². The predicted molar refractivity (Wildman–Crippen MR) is 61.2 cm³/mol. The number of carbonyl (C=O) groups is 1. The number of halogens is 5. The zero-order valence-corrected chi connectivity index (χ0v) is 10.7. The molecule has 0 radical (unpaired) electrons. The van der Waals surface area contributed by atoms with Crippen molar-refractivity contribution in [2.24, 2.45) is 0 Å². The van der Waals surface area contributed by atoms with E-state index in [9.17, 15) is 13.6 Å². The molecular formula is C9H5BrCl2F2O2. The van der Waals surface area contributed by atoms with Crippen LogP contribution in [0.15, 0.2) is 12.1 Å². The predicted octanol–water partition coefficient (Wildman–Crippen LogP) is 4.17. The SMILES string of the molecule is O=C(CBr)c1cc(Cl)c(OC(F)F)c(Cl)c1. The summed E-state index contributed by atoms with van der Waals surface area (Å²) >= 11 is 14.3. The number of carbonyl (C=O) groups excluding carboxylic acids is 1. The van der Waals surface area contributed by atoms with Crippen LogP contribution in [0, 0.1) is 0 Å². The Bertz CT molecular complexity index is 389. The van der Waals surface area contributed by atoms with Gasteiger partial charge in [0, 0.05) is 5.56 Å². The molecule has 0 aliphatic carbocycles. The molecule has 88 valence electrons. The molecule has 7 heteroatoms. The van der Waals surface area contributed by atoms with E-state index in [2.05, 4.69) is 20.7 Å². The molecule has 1 rings (SSSR count). The quantitative estimate of drug-likeness (QED) is 0.610. The highest BCUT2D eigenvalue weighted by atomic mass is 79.9. The molecule has 1 aromatic carbocycles. The monoisotopic (exact) mass is 332 g/mol. The minimum Gasteiger partial charge on any atom is -0.432 e. The highest BCUT2D eigenvalue weighted by molar-refractivity contribution is 9.09. The van der Waals surface area contributed by atoms with E-state index < -0.39 is 6.61 Å².